The number of rotatable bonds is 11. The second-order valence-corrected chi connectivity index (χ2v) is 11.0. The van der Waals surface area contributed by atoms with Gasteiger partial charge in [-0.2, -0.15) is 0 Å². The molecule has 2 aromatic carbocycles. The van der Waals surface area contributed by atoms with Gasteiger partial charge in [0.1, 0.15) is 12.6 Å². The fourth-order valence-corrected chi connectivity index (χ4v) is 4.46. The SMILES string of the molecule is CC[C@@H](C(=O)NCC(C)C)N(Cc1ccccc1)C(=O)CN(c1ccc(C)c(C)c1)S(C)(=O)=O. The van der Waals surface area contributed by atoms with Crippen molar-refractivity contribution in [2.45, 2.75) is 53.6 Å². The highest BCUT2D eigenvalue weighted by molar-refractivity contribution is 7.92. The molecule has 8 heteroatoms. The minimum atomic E-state index is -3.74. The highest BCUT2D eigenvalue weighted by Crippen LogP contribution is 2.22. The Morgan fingerprint density at radius 1 is 1.00 bits per heavy atom. The van der Waals surface area contributed by atoms with Gasteiger partial charge in [0.15, 0.2) is 0 Å². The zero-order chi connectivity index (χ0) is 25.5. The summed E-state index contributed by atoms with van der Waals surface area (Å²) in [5.41, 5.74) is 3.25. The Hall–Kier alpha value is -2.87. The van der Waals surface area contributed by atoms with Crippen LogP contribution in [0.25, 0.3) is 0 Å². The highest BCUT2D eigenvalue weighted by Gasteiger charge is 2.31. The summed E-state index contributed by atoms with van der Waals surface area (Å²) in [6.45, 7) is 10.0. The molecular weight excluding hydrogens is 450 g/mol. The van der Waals surface area contributed by atoms with Crippen molar-refractivity contribution in [1.82, 2.24) is 10.2 Å². The van der Waals surface area contributed by atoms with Gasteiger partial charge >= 0.3 is 0 Å². The fraction of sp³-hybridized carbons (Fsp3) is 0.462. The second-order valence-electron chi connectivity index (χ2n) is 9.11. The number of nitrogens with zero attached hydrogens (tertiary/aromatic N) is 2. The molecule has 2 rings (SSSR count). The topological polar surface area (TPSA) is 86.8 Å². The Bertz CT molecular complexity index is 1080. The first-order chi connectivity index (χ1) is 15.9. The highest BCUT2D eigenvalue weighted by atomic mass is 32.2. The van der Waals surface area contributed by atoms with Crippen LogP contribution in [0.1, 0.15) is 43.9 Å². The van der Waals surface area contributed by atoms with E-state index in [1.807, 2.05) is 71.0 Å². The first-order valence-electron chi connectivity index (χ1n) is 11.6. The van der Waals surface area contributed by atoms with Gasteiger partial charge < -0.3 is 10.2 Å². The van der Waals surface area contributed by atoms with Crippen molar-refractivity contribution in [1.29, 1.82) is 0 Å². The lowest BCUT2D eigenvalue weighted by atomic mass is 10.1. The van der Waals surface area contributed by atoms with Crippen LogP contribution in [0.4, 0.5) is 5.69 Å². The van der Waals surface area contributed by atoms with E-state index < -0.39 is 22.0 Å². The molecule has 0 spiro atoms. The first-order valence-corrected chi connectivity index (χ1v) is 13.4. The molecule has 0 bridgehead atoms. The molecule has 0 heterocycles. The predicted molar refractivity (Wildman–Crippen MR) is 137 cm³/mol. The van der Waals surface area contributed by atoms with E-state index in [1.54, 1.807) is 12.1 Å². The normalized spacial score (nSPS) is 12.3. The van der Waals surface area contributed by atoms with Crippen LogP contribution in [-0.2, 0) is 26.2 Å². The molecular formula is C26H37N3O4S. The number of amides is 2. The number of hydrogen-bond donors (Lipinski definition) is 1. The van der Waals surface area contributed by atoms with Crippen LogP contribution in [0.3, 0.4) is 0 Å². The first kappa shape index (κ1) is 27.4. The van der Waals surface area contributed by atoms with E-state index in [4.69, 9.17) is 0 Å². The van der Waals surface area contributed by atoms with Gasteiger partial charge in [0.25, 0.3) is 0 Å². The number of sulfonamides is 1. The average Bonchev–Trinajstić information content (AvgIpc) is 2.77. The lowest BCUT2D eigenvalue weighted by Gasteiger charge is -2.33. The summed E-state index contributed by atoms with van der Waals surface area (Å²) in [6, 6.07) is 14.0. The van der Waals surface area contributed by atoms with Crippen LogP contribution >= 0.6 is 0 Å². The molecule has 0 aliphatic carbocycles. The molecule has 0 unspecified atom stereocenters. The van der Waals surface area contributed by atoms with Gasteiger partial charge in [0.05, 0.1) is 11.9 Å². The van der Waals surface area contributed by atoms with Crippen LogP contribution in [0.2, 0.25) is 0 Å². The van der Waals surface area contributed by atoms with Crippen molar-refractivity contribution in [3.63, 3.8) is 0 Å². The summed E-state index contributed by atoms with van der Waals surface area (Å²) in [7, 11) is -3.74. The van der Waals surface area contributed by atoms with Crippen LogP contribution in [0.15, 0.2) is 48.5 Å². The zero-order valence-electron chi connectivity index (χ0n) is 21.0. The van der Waals surface area contributed by atoms with Gasteiger partial charge in [0, 0.05) is 13.1 Å². The number of anilines is 1. The summed E-state index contributed by atoms with van der Waals surface area (Å²) in [5, 5.41) is 2.92. The van der Waals surface area contributed by atoms with Crippen LogP contribution in [0, 0.1) is 19.8 Å². The van der Waals surface area contributed by atoms with Gasteiger partial charge in [-0.3, -0.25) is 13.9 Å². The molecule has 0 radical (unpaired) electrons. The third-order valence-corrected chi connectivity index (χ3v) is 6.86. The van der Waals surface area contributed by atoms with Crippen molar-refractivity contribution >= 4 is 27.5 Å². The van der Waals surface area contributed by atoms with E-state index in [9.17, 15) is 18.0 Å². The van der Waals surface area contributed by atoms with Crippen LogP contribution in [0.5, 0.6) is 0 Å². The summed E-state index contributed by atoms with van der Waals surface area (Å²) >= 11 is 0. The summed E-state index contributed by atoms with van der Waals surface area (Å²) in [5.74, 6) is -0.401. The minimum absolute atomic E-state index is 0.206. The average molecular weight is 488 g/mol. The van der Waals surface area contributed by atoms with E-state index in [0.29, 0.717) is 18.7 Å². The number of benzene rings is 2. The van der Waals surface area contributed by atoms with Gasteiger partial charge in [-0.05, 0) is 55.0 Å². The molecule has 0 aliphatic heterocycles. The Morgan fingerprint density at radius 3 is 2.18 bits per heavy atom. The largest absolute Gasteiger partial charge is 0.354 e. The second kappa shape index (κ2) is 12.0. The quantitative estimate of drug-likeness (QED) is 0.524. The molecule has 2 amide bonds. The number of carbonyl (C=O) groups excluding carboxylic acids is 2. The Labute approximate surface area is 204 Å². The number of nitrogens with one attached hydrogen (secondary N) is 1. The van der Waals surface area contributed by atoms with Gasteiger partial charge in [0.2, 0.25) is 21.8 Å². The molecule has 7 nitrogen and oxygen atoms in total. The van der Waals surface area contributed by atoms with Crippen molar-refractivity contribution < 1.29 is 18.0 Å². The molecule has 186 valence electrons. The van der Waals surface area contributed by atoms with Crippen molar-refractivity contribution in [3.8, 4) is 0 Å². The monoisotopic (exact) mass is 487 g/mol. The van der Waals surface area contributed by atoms with Gasteiger partial charge in [-0.1, -0.05) is 57.2 Å². The molecule has 1 N–H and O–H groups in total. The predicted octanol–water partition coefficient (Wildman–Crippen LogP) is 3.65. The maximum Gasteiger partial charge on any atom is 0.244 e. The smallest absolute Gasteiger partial charge is 0.244 e. The van der Waals surface area contributed by atoms with E-state index >= 15 is 0 Å². The van der Waals surface area contributed by atoms with E-state index in [2.05, 4.69) is 5.32 Å². The van der Waals surface area contributed by atoms with Crippen molar-refractivity contribution in [2.75, 3.05) is 23.7 Å². The van der Waals surface area contributed by atoms with E-state index in [1.165, 1.54) is 4.90 Å². The Kier molecular flexibility index (Phi) is 9.67. The molecule has 0 fully saturated rings. The maximum absolute atomic E-state index is 13.6. The van der Waals surface area contributed by atoms with Gasteiger partial charge in [-0.15, -0.1) is 0 Å². The van der Waals surface area contributed by atoms with Crippen LogP contribution in [-0.4, -0.2) is 50.5 Å². The molecule has 0 saturated carbocycles. The molecule has 34 heavy (non-hydrogen) atoms. The van der Waals surface area contributed by atoms with E-state index in [-0.39, 0.29) is 24.9 Å². The maximum atomic E-state index is 13.6. The van der Waals surface area contributed by atoms with Gasteiger partial charge in [-0.25, -0.2) is 8.42 Å². The lowest BCUT2D eigenvalue weighted by Crippen LogP contribution is -2.52. The third-order valence-electron chi connectivity index (χ3n) is 5.72. The Morgan fingerprint density at radius 2 is 1.65 bits per heavy atom. The molecule has 0 aliphatic rings. The molecule has 1 atom stereocenters. The third kappa shape index (κ3) is 7.58. The van der Waals surface area contributed by atoms with E-state index in [0.717, 1.165) is 27.3 Å². The lowest BCUT2D eigenvalue weighted by molar-refractivity contribution is -0.140. The van der Waals surface area contributed by atoms with Crippen molar-refractivity contribution in [2.24, 2.45) is 5.92 Å². The Balaban J connectivity index is 2.41. The summed E-state index contributed by atoms with van der Waals surface area (Å²) in [6.07, 6.45) is 1.49. The number of carbonyl (C=O) groups is 2. The van der Waals surface area contributed by atoms with Crippen LogP contribution < -0.4 is 9.62 Å². The molecule has 0 aromatic heterocycles. The number of hydrogen-bond acceptors (Lipinski definition) is 4. The summed E-state index contributed by atoms with van der Waals surface area (Å²) < 4.78 is 26.5. The van der Waals surface area contributed by atoms with Crippen molar-refractivity contribution in [3.05, 3.63) is 65.2 Å². The summed E-state index contributed by atoms with van der Waals surface area (Å²) in [4.78, 5) is 28.1. The fourth-order valence-electron chi connectivity index (χ4n) is 3.62. The zero-order valence-corrected chi connectivity index (χ0v) is 21.9. The molecule has 2 aromatic rings. The minimum Gasteiger partial charge on any atom is -0.354 e. The number of aryl methyl sites for hydroxylation is 2. The standard InChI is InChI=1S/C26H37N3O4S/c1-7-24(26(31)27-16-19(2)3)28(17-22-11-9-8-10-12-22)25(30)18-29(34(6,32)33)23-14-13-20(4)21(5)15-23/h8-15,19,24H,7,16-18H2,1-6H3,(H,27,31)/t24-/m0/s1. The molecule has 0 saturated heterocycles.